The molecule has 1 rings (SSSR count). The lowest BCUT2D eigenvalue weighted by Crippen LogP contribution is -1.74. The van der Waals surface area contributed by atoms with Crippen molar-refractivity contribution >= 4 is 5.57 Å². The van der Waals surface area contributed by atoms with Crippen molar-refractivity contribution in [3.05, 3.63) is 36.2 Å². The molecule has 0 amide bonds. The van der Waals surface area contributed by atoms with Crippen LogP contribution in [-0.2, 0) is 0 Å². The summed E-state index contributed by atoms with van der Waals surface area (Å²) >= 11 is 0. The van der Waals surface area contributed by atoms with Crippen LogP contribution in [0.2, 0.25) is 0 Å². The molecular weight excluding hydrogens is 160 g/mol. The Bertz CT molecular complexity index is 264. The fourth-order valence-corrected chi connectivity index (χ4v) is 0.858. The lowest BCUT2D eigenvalue weighted by atomic mass is 10.1. The molecule has 72 valence electrons. The van der Waals surface area contributed by atoms with Crippen molar-refractivity contribution in [2.45, 2.75) is 27.7 Å². The van der Waals surface area contributed by atoms with Gasteiger partial charge in [0.15, 0.2) is 0 Å². The summed E-state index contributed by atoms with van der Waals surface area (Å²) in [5.41, 5.74) is 3.29. The Morgan fingerprint density at radius 3 is 2.46 bits per heavy atom. The first-order valence-corrected chi connectivity index (χ1v) is 4.53. The molecule has 0 radical (unpaired) electrons. The number of H-pyrrole nitrogens is 1. The second kappa shape index (κ2) is 6.23. The number of nitrogens with zero attached hydrogens (tertiary/aromatic N) is 1. The van der Waals surface area contributed by atoms with Crippen molar-refractivity contribution in [1.82, 2.24) is 10.2 Å². The Morgan fingerprint density at radius 1 is 1.46 bits per heavy atom. The third-order valence-electron chi connectivity index (χ3n) is 1.33. The minimum atomic E-state index is 0.999. The van der Waals surface area contributed by atoms with Crippen molar-refractivity contribution in [2.24, 2.45) is 0 Å². The Hall–Kier alpha value is -1.31. The smallest absolute Gasteiger partial charge is 0.0565 e. The highest BCUT2D eigenvalue weighted by Gasteiger charge is 1.94. The van der Waals surface area contributed by atoms with E-state index in [0.29, 0.717) is 0 Å². The molecule has 2 heteroatoms. The van der Waals surface area contributed by atoms with Crippen molar-refractivity contribution in [3.8, 4) is 0 Å². The Morgan fingerprint density at radius 2 is 2.08 bits per heavy atom. The SMILES string of the molecule is C=C(C=C(C)C)c1cn[nH]c1.CC. The summed E-state index contributed by atoms with van der Waals surface area (Å²) in [4.78, 5) is 0. The van der Waals surface area contributed by atoms with Crippen LogP contribution in [-0.4, -0.2) is 10.2 Å². The first-order valence-electron chi connectivity index (χ1n) is 4.53. The molecule has 1 aromatic heterocycles. The quantitative estimate of drug-likeness (QED) is 0.691. The van der Waals surface area contributed by atoms with E-state index in [0.717, 1.165) is 11.1 Å². The molecule has 0 fully saturated rings. The molecule has 0 aromatic carbocycles. The molecule has 0 aliphatic heterocycles. The third kappa shape index (κ3) is 4.31. The van der Waals surface area contributed by atoms with Crippen molar-refractivity contribution in [1.29, 1.82) is 0 Å². The van der Waals surface area contributed by atoms with Gasteiger partial charge in [-0.2, -0.15) is 5.10 Å². The van der Waals surface area contributed by atoms with Gasteiger partial charge in [-0.25, -0.2) is 0 Å². The normalized spacial score (nSPS) is 8.31. The van der Waals surface area contributed by atoms with E-state index in [1.807, 2.05) is 40.0 Å². The van der Waals surface area contributed by atoms with Crippen LogP contribution >= 0.6 is 0 Å². The fraction of sp³-hybridized carbons (Fsp3) is 0.364. The minimum Gasteiger partial charge on any atom is -0.285 e. The minimum absolute atomic E-state index is 0.999. The van der Waals surface area contributed by atoms with Crippen LogP contribution in [0.15, 0.2) is 30.6 Å². The van der Waals surface area contributed by atoms with Gasteiger partial charge in [-0.3, -0.25) is 5.10 Å². The van der Waals surface area contributed by atoms with Crippen LogP contribution in [0.3, 0.4) is 0 Å². The van der Waals surface area contributed by atoms with Gasteiger partial charge in [0.1, 0.15) is 0 Å². The van der Waals surface area contributed by atoms with E-state index in [-0.39, 0.29) is 0 Å². The largest absolute Gasteiger partial charge is 0.285 e. The van der Waals surface area contributed by atoms with E-state index in [2.05, 4.69) is 16.8 Å². The van der Waals surface area contributed by atoms with E-state index < -0.39 is 0 Å². The second-order valence-electron chi connectivity index (χ2n) is 2.73. The average molecular weight is 178 g/mol. The van der Waals surface area contributed by atoms with Gasteiger partial charge in [0.05, 0.1) is 6.20 Å². The van der Waals surface area contributed by atoms with E-state index in [1.165, 1.54) is 5.57 Å². The maximum Gasteiger partial charge on any atom is 0.0565 e. The zero-order valence-electron chi connectivity index (χ0n) is 8.89. The van der Waals surface area contributed by atoms with Gasteiger partial charge in [-0.05, 0) is 19.4 Å². The summed E-state index contributed by atoms with van der Waals surface area (Å²) in [5.74, 6) is 0. The molecule has 0 saturated carbocycles. The zero-order chi connectivity index (χ0) is 10.3. The maximum absolute atomic E-state index is 3.90. The molecule has 1 N–H and O–H groups in total. The predicted octanol–water partition coefficient (Wildman–Crippen LogP) is 3.42. The molecule has 0 bridgehead atoms. The van der Waals surface area contributed by atoms with Gasteiger partial charge < -0.3 is 0 Å². The van der Waals surface area contributed by atoms with Crippen molar-refractivity contribution in [2.75, 3.05) is 0 Å². The van der Waals surface area contributed by atoms with E-state index in [4.69, 9.17) is 0 Å². The topological polar surface area (TPSA) is 28.7 Å². The molecule has 0 saturated heterocycles. The highest BCUT2D eigenvalue weighted by atomic mass is 15.1. The molecule has 2 nitrogen and oxygen atoms in total. The maximum atomic E-state index is 3.90. The first-order chi connectivity index (χ1) is 6.20. The lowest BCUT2D eigenvalue weighted by Gasteiger charge is -1.94. The predicted molar refractivity (Wildman–Crippen MR) is 58.4 cm³/mol. The summed E-state index contributed by atoms with van der Waals surface area (Å²) in [6, 6.07) is 0. The summed E-state index contributed by atoms with van der Waals surface area (Å²) in [6.07, 6.45) is 5.63. The van der Waals surface area contributed by atoms with Gasteiger partial charge in [0.25, 0.3) is 0 Å². The highest BCUT2D eigenvalue weighted by Crippen LogP contribution is 2.12. The van der Waals surface area contributed by atoms with Crippen LogP contribution in [0.1, 0.15) is 33.3 Å². The van der Waals surface area contributed by atoms with Crippen LogP contribution < -0.4 is 0 Å². The molecule has 1 heterocycles. The average Bonchev–Trinajstić information content (AvgIpc) is 2.58. The molecule has 13 heavy (non-hydrogen) atoms. The van der Waals surface area contributed by atoms with Crippen LogP contribution in [0.4, 0.5) is 0 Å². The Balaban J connectivity index is 0.000000671. The summed E-state index contributed by atoms with van der Waals surface area (Å²) in [5, 5.41) is 6.58. The highest BCUT2D eigenvalue weighted by molar-refractivity contribution is 5.71. The molecule has 1 aromatic rings. The zero-order valence-corrected chi connectivity index (χ0v) is 8.89. The molecular formula is C11H18N2. The van der Waals surface area contributed by atoms with Crippen molar-refractivity contribution < 1.29 is 0 Å². The summed E-state index contributed by atoms with van der Waals surface area (Å²) in [6.45, 7) is 12.0. The number of hydrogen-bond donors (Lipinski definition) is 1. The van der Waals surface area contributed by atoms with Gasteiger partial charge >= 0.3 is 0 Å². The number of aromatic amines is 1. The monoisotopic (exact) mass is 178 g/mol. The number of nitrogens with one attached hydrogen (secondary N) is 1. The van der Waals surface area contributed by atoms with E-state index in [9.17, 15) is 0 Å². The summed E-state index contributed by atoms with van der Waals surface area (Å²) in [7, 11) is 0. The number of rotatable bonds is 2. The van der Waals surface area contributed by atoms with Gasteiger partial charge in [-0.1, -0.05) is 32.1 Å². The molecule has 0 unspecified atom stereocenters. The summed E-state index contributed by atoms with van der Waals surface area (Å²) < 4.78 is 0. The Kier molecular flexibility index (Phi) is 5.60. The molecule has 0 atom stereocenters. The standard InChI is InChI=1S/C9H12N2.C2H6/c1-7(2)4-8(3)9-5-10-11-6-9;1-2/h4-6H,3H2,1-2H3,(H,10,11);1-2H3. The van der Waals surface area contributed by atoms with Gasteiger partial charge in [0.2, 0.25) is 0 Å². The van der Waals surface area contributed by atoms with E-state index in [1.54, 1.807) is 6.20 Å². The van der Waals surface area contributed by atoms with E-state index >= 15 is 0 Å². The fourth-order valence-electron chi connectivity index (χ4n) is 0.858. The van der Waals surface area contributed by atoms with Crippen molar-refractivity contribution in [3.63, 3.8) is 0 Å². The molecule has 0 aliphatic carbocycles. The molecule has 0 aliphatic rings. The number of allylic oxidation sites excluding steroid dienone is 3. The number of aromatic nitrogens is 2. The third-order valence-corrected chi connectivity index (χ3v) is 1.33. The number of hydrogen-bond acceptors (Lipinski definition) is 1. The van der Waals surface area contributed by atoms with Gasteiger partial charge in [-0.15, -0.1) is 0 Å². The van der Waals surface area contributed by atoms with Crippen LogP contribution in [0.25, 0.3) is 5.57 Å². The molecule has 0 spiro atoms. The second-order valence-corrected chi connectivity index (χ2v) is 2.73. The van der Waals surface area contributed by atoms with Crippen LogP contribution in [0, 0.1) is 0 Å². The van der Waals surface area contributed by atoms with Crippen LogP contribution in [0.5, 0.6) is 0 Å². The lowest BCUT2D eigenvalue weighted by molar-refractivity contribution is 1.09. The Labute approximate surface area is 80.4 Å². The first kappa shape index (κ1) is 11.7. The van der Waals surface area contributed by atoms with Gasteiger partial charge in [0, 0.05) is 11.8 Å².